The van der Waals surface area contributed by atoms with Crippen molar-refractivity contribution in [3.05, 3.63) is 74.1 Å². The van der Waals surface area contributed by atoms with Crippen molar-refractivity contribution in [2.75, 3.05) is 5.32 Å². The number of anilines is 1. The quantitative estimate of drug-likeness (QED) is 0.424. The van der Waals surface area contributed by atoms with Crippen molar-refractivity contribution in [2.45, 2.75) is 64.1 Å². The molecule has 0 unspecified atom stereocenters. The molecule has 10 heteroatoms. The van der Waals surface area contributed by atoms with Gasteiger partial charge in [0.15, 0.2) is 0 Å². The van der Waals surface area contributed by atoms with Crippen molar-refractivity contribution in [3.8, 4) is 0 Å². The zero-order chi connectivity index (χ0) is 25.7. The summed E-state index contributed by atoms with van der Waals surface area (Å²) in [5.41, 5.74) is -0.843. The SMILES string of the molecule is O=C(Cn1c(=O)n(CCCCC(=O)NC2CCCC2)c(=O)c2ccccc21)Nc1ccc(Cl)cc1F. The van der Waals surface area contributed by atoms with Gasteiger partial charge in [-0.3, -0.25) is 23.5 Å². The van der Waals surface area contributed by atoms with E-state index in [1.807, 2.05) is 0 Å². The van der Waals surface area contributed by atoms with Crippen LogP contribution in [0.2, 0.25) is 5.02 Å². The third-order valence-corrected chi connectivity index (χ3v) is 6.63. The first-order chi connectivity index (χ1) is 17.3. The fourth-order valence-electron chi connectivity index (χ4n) is 4.57. The number of hydrogen-bond acceptors (Lipinski definition) is 4. The molecule has 1 aromatic heterocycles. The van der Waals surface area contributed by atoms with Gasteiger partial charge < -0.3 is 10.6 Å². The molecule has 1 aliphatic rings. The van der Waals surface area contributed by atoms with Crippen LogP contribution in [0.15, 0.2) is 52.1 Å². The van der Waals surface area contributed by atoms with Crippen LogP contribution in [0, 0.1) is 5.82 Å². The molecule has 4 rings (SSSR count). The molecule has 0 atom stereocenters. The number of benzene rings is 2. The number of unbranched alkanes of at least 4 members (excludes halogenated alkanes) is 1. The van der Waals surface area contributed by atoms with E-state index < -0.39 is 29.5 Å². The first-order valence-electron chi connectivity index (χ1n) is 12.1. The molecule has 1 saturated carbocycles. The minimum Gasteiger partial charge on any atom is -0.353 e. The summed E-state index contributed by atoms with van der Waals surface area (Å²) in [5.74, 6) is -1.34. The van der Waals surface area contributed by atoms with Gasteiger partial charge in [0.05, 0.1) is 16.6 Å². The van der Waals surface area contributed by atoms with E-state index in [4.69, 9.17) is 11.6 Å². The van der Waals surface area contributed by atoms with Gasteiger partial charge in [-0.1, -0.05) is 36.6 Å². The molecule has 0 bridgehead atoms. The summed E-state index contributed by atoms with van der Waals surface area (Å²) in [5, 5.41) is 5.96. The number of amides is 2. The van der Waals surface area contributed by atoms with Gasteiger partial charge in [0.25, 0.3) is 5.56 Å². The predicted molar refractivity (Wildman–Crippen MR) is 137 cm³/mol. The number of carbonyl (C=O) groups excluding carboxylic acids is 2. The van der Waals surface area contributed by atoms with Crippen LogP contribution in [0.3, 0.4) is 0 Å². The minimum atomic E-state index is -0.699. The lowest BCUT2D eigenvalue weighted by Gasteiger charge is -2.15. The van der Waals surface area contributed by atoms with E-state index >= 15 is 0 Å². The van der Waals surface area contributed by atoms with E-state index in [9.17, 15) is 23.6 Å². The van der Waals surface area contributed by atoms with Crippen LogP contribution in [0.25, 0.3) is 10.9 Å². The lowest BCUT2D eigenvalue weighted by Crippen LogP contribution is -2.41. The molecule has 0 aliphatic heterocycles. The number of carbonyl (C=O) groups is 2. The zero-order valence-corrected chi connectivity index (χ0v) is 20.5. The summed E-state index contributed by atoms with van der Waals surface area (Å²) in [7, 11) is 0. The molecule has 1 heterocycles. The van der Waals surface area contributed by atoms with Gasteiger partial charge in [0.2, 0.25) is 11.8 Å². The summed E-state index contributed by atoms with van der Waals surface area (Å²) in [6, 6.07) is 10.6. The third kappa shape index (κ3) is 6.02. The van der Waals surface area contributed by atoms with Gasteiger partial charge in [-0.2, -0.15) is 0 Å². The van der Waals surface area contributed by atoms with E-state index in [-0.39, 0.29) is 29.2 Å². The summed E-state index contributed by atoms with van der Waals surface area (Å²) in [6.45, 7) is -0.294. The molecular weight excluding hydrogens is 487 g/mol. The Morgan fingerprint density at radius 2 is 1.75 bits per heavy atom. The first kappa shape index (κ1) is 25.6. The largest absolute Gasteiger partial charge is 0.353 e. The molecule has 190 valence electrons. The maximum atomic E-state index is 14.1. The van der Waals surface area contributed by atoms with E-state index in [1.54, 1.807) is 24.3 Å². The fraction of sp³-hybridized carbons (Fsp3) is 0.385. The lowest BCUT2D eigenvalue weighted by molar-refractivity contribution is -0.122. The number of halogens is 2. The maximum absolute atomic E-state index is 14.1. The molecule has 2 aromatic carbocycles. The third-order valence-electron chi connectivity index (χ3n) is 6.39. The van der Waals surface area contributed by atoms with Gasteiger partial charge >= 0.3 is 5.69 Å². The van der Waals surface area contributed by atoms with Crippen molar-refractivity contribution in [3.63, 3.8) is 0 Å². The molecule has 2 amide bonds. The molecule has 1 aliphatic carbocycles. The Morgan fingerprint density at radius 3 is 2.50 bits per heavy atom. The number of rotatable bonds is 9. The van der Waals surface area contributed by atoms with Crippen molar-refractivity contribution < 1.29 is 14.0 Å². The number of nitrogens with one attached hydrogen (secondary N) is 2. The highest BCUT2D eigenvalue weighted by molar-refractivity contribution is 6.30. The second-order valence-electron chi connectivity index (χ2n) is 9.02. The molecule has 2 N–H and O–H groups in total. The predicted octanol–water partition coefficient (Wildman–Crippen LogP) is 3.82. The Bertz CT molecular complexity index is 1390. The highest BCUT2D eigenvalue weighted by atomic mass is 35.5. The lowest BCUT2D eigenvalue weighted by atomic mass is 10.2. The average molecular weight is 515 g/mol. The van der Waals surface area contributed by atoms with Crippen LogP contribution in [0.5, 0.6) is 0 Å². The summed E-state index contributed by atoms with van der Waals surface area (Å²) in [4.78, 5) is 51.1. The summed E-state index contributed by atoms with van der Waals surface area (Å²) in [6.07, 6.45) is 5.58. The Kier molecular flexibility index (Phi) is 8.20. The molecular formula is C26H28ClFN4O4. The average Bonchev–Trinajstić information content (AvgIpc) is 3.36. The molecule has 8 nitrogen and oxygen atoms in total. The molecule has 0 saturated heterocycles. The number of aromatic nitrogens is 2. The van der Waals surface area contributed by atoms with Gasteiger partial charge in [0.1, 0.15) is 12.4 Å². The van der Waals surface area contributed by atoms with Gasteiger partial charge in [-0.25, -0.2) is 9.18 Å². The van der Waals surface area contributed by atoms with Gasteiger partial charge in [0, 0.05) is 24.0 Å². The number of para-hydroxylation sites is 1. The fourth-order valence-corrected chi connectivity index (χ4v) is 4.73. The Morgan fingerprint density at radius 1 is 1.00 bits per heavy atom. The van der Waals surface area contributed by atoms with E-state index in [2.05, 4.69) is 10.6 Å². The van der Waals surface area contributed by atoms with Crippen LogP contribution >= 0.6 is 11.6 Å². The Balaban J connectivity index is 1.48. The smallest absolute Gasteiger partial charge is 0.331 e. The van der Waals surface area contributed by atoms with Crippen LogP contribution in [0.4, 0.5) is 10.1 Å². The highest BCUT2D eigenvalue weighted by Gasteiger charge is 2.18. The van der Waals surface area contributed by atoms with Crippen molar-refractivity contribution in [2.24, 2.45) is 0 Å². The maximum Gasteiger partial charge on any atom is 0.331 e. The van der Waals surface area contributed by atoms with E-state index in [0.29, 0.717) is 30.2 Å². The second kappa shape index (κ2) is 11.5. The van der Waals surface area contributed by atoms with Crippen molar-refractivity contribution in [1.82, 2.24) is 14.5 Å². The van der Waals surface area contributed by atoms with Gasteiger partial charge in [-0.05, 0) is 56.0 Å². The molecule has 36 heavy (non-hydrogen) atoms. The number of hydrogen-bond donors (Lipinski definition) is 2. The van der Waals surface area contributed by atoms with Crippen LogP contribution < -0.4 is 21.9 Å². The normalized spacial score (nSPS) is 13.7. The topological polar surface area (TPSA) is 102 Å². The summed E-state index contributed by atoms with van der Waals surface area (Å²) < 4.78 is 16.4. The minimum absolute atomic E-state index is 0.0173. The van der Waals surface area contributed by atoms with E-state index in [1.165, 1.54) is 16.7 Å². The Hall–Kier alpha value is -3.46. The molecule has 3 aromatic rings. The van der Waals surface area contributed by atoms with E-state index in [0.717, 1.165) is 36.3 Å². The monoisotopic (exact) mass is 514 g/mol. The molecule has 1 fully saturated rings. The van der Waals surface area contributed by atoms with Crippen LogP contribution in [-0.4, -0.2) is 27.0 Å². The van der Waals surface area contributed by atoms with Crippen molar-refractivity contribution in [1.29, 1.82) is 0 Å². The van der Waals surface area contributed by atoms with Gasteiger partial charge in [-0.15, -0.1) is 0 Å². The second-order valence-corrected chi connectivity index (χ2v) is 9.46. The zero-order valence-electron chi connectivity index (χ0n) is 19.8. The first-order valence-corrected chi connectivity index (χ1v) is 12.5. The van der Waals surface area contributed by atoms with Crippen LogP contribution in [-0.2, 0) is 22.7 Å². The van der Waals surface area contributed by atoms with Crippen LogP contribution in [0.1, 0.15) is 44.9 Å². The standard InChI is InChI=1S/C26H28ClFN4O4/c27-17-12-13-21(20(28)15-17)30-24(34)16-32-22-10-4-3-9-19(22)25(35)31(26(32)36)14-6-5-11-23(33)29-18-7-1-2-8-18/h3-4,9-10,12-13,15,18H,1-2,5-8,11,14,16H2,(H,29,33)(H,30,34). The van der Waals surface area contributed by atoms with Crippen molar-refractivity contribution >= 4 is 40.0 Å². The number of fused-ring (bicyclic) bond motifs is 1. The summed E-state index contributed by atoms with van der Waals surface area (Å²) >= 11 is 5.76. The highest BCUT2D eigenvalue weighted by Crippen LogP contribution is 2.19. The Labute approximate surface area is 212 Å². The molecule has 0 spiro atoms. The molecule has 0 radical (unpaired) electrons. The number of nitrogens with zero attached hydrogens (tertiary/aromatic N) is 2.